The Balaban J connectivity index is 1.50. The monoisotopic (exact) mass is 306 g/mol. The third-order valence-corrected chi connectivity index (χ3v) is 4.41. The van der Waals surface area contributed by atoms with E-state index in [9.17, 15) is 0 Å². The minimum absolute atomic E-state index is 0.322. The zero-order valence-corrected chi connectivity index (χ0v) is 12.8. The van der Waals surface area contributed by atoms with Gasteiger partial charge in [0.15, 0.2) is 6.61 Å². The molecule has 4 rings (SSSR count). The number of benzene rings is 2. The molecule has 0 spiro atoms. The first-order valence-corrected chi connectivity index (χ1v) is 7.93. The largest absolute Gasteiger partial charge is 0.485 e. The SMILES string of the molecule is c1ccc2c(c1)CCC[C@H]2c1ccc(OCc2nn[nH]n2)cc1. The van der Waals surface area contributed by atoms with Crippen molar-refractivity contribution in [1.29, 1.82) is 0 Å². The zero-order valence-electron chi connectivity index (χ0n) is 12.8. The van der Waals surface area contributed by atoms with Crippen LogP contribution in [-0.2, 0) is 13.0 Å². The summed E-state index contributed by atoms with van der Waals surface area (Å²) < 4.78 is 5.68. The lowest BCUT2D eigenvalue weighted by Crippen LogP contribution is -2.10. The first kappa shape index (κ1) is 13.9. The van der Waals surface area contributed by atoms with Crippen LogP contribution in [0.15, 0.2) is 48.5 Å². The Morgan fingerprint density at radius 2 is 1.96 bits per heavy atom. The fourth-order valence-corrected chi connectivity index (χ4v) is 3.29. The molecular formula is C18H18N4O. The summed E-state index contributed by atoms with van der Waals surface area (Å²) in [5.74, 6) is 1.86. The first-order valence-electron chi connectivity index (χ1n) is 7.93. The number of tetrazole rings is 1. The molecule has 1 aliphatic carbocycles. The van der Waals surface area contributed by atoms with Gasteiger partial charge < -0.3 is 4.74 Å². The maximum atomic E-state index is 5.68. The Kier molecular flexibility index (Phi) is 3.76. The van der Waals surface area contributed by atoms with E-state index in [-0.39, 0.29) is 0 Å². The van der Waals surface area contributed by atoms with Crippen molar-refractivity contribution in [1.82, 2.24) is 20.6 Å². The second-order valence-electron chi connectivity index (χ2n) is 5.83. The van der Waals surface area contributed by atoms with E-state index in [2.05, 4.69) is 57.0 Å². The average Bonchev–Trinajstić information content (AvgIpc) is 3.14. The Labute approximate surface area is 134 Å². The number of nitrogens with zero attached hydrogens (tertiary/aromatic N) is 3. The van der Waals surface area contributed by atoms with Crippen molar-refractivity contribution in [3.63, 3.8) is 0 Å². The van der Waals surface area contributed by atoms with Crippen LogP contribution in [0.2, 0.25) is 0 Å². The molecule has 5 heteroatoms. The number of hydrogen-bond donors (Lipinski definition) is 1. The lowest BCUT2D eigenvalue weighted by Gasteiger charge is -2.26. The topological polar surface area (TPSA) is 63.7 Å². The van der Waals surface area contributed by atoms with Crippen molar-refractivity contribution in [3.05, 3.63) is 71.0 Å². The Morgan fingerprint density at radius 1 is 1.09 bits per heavy atom. The summed E-state index contributed by atoms with van der Waals surface area (Å²) in [5, 5.41) is 13.7. The molecule has 23 heavy (non-hydrogen) atoms. The number of hydrogen-bond acceptors (Lipinski definition) is 4. The molecule has 2 aromatic carbocycles. The van der Waals surface area contributed by atoms with Gasteiger partial charge in [-0.1, -0.05) is 41.6 Å². The maximum absolute atomic E-state index is 5.68. The van der Waals surface area contributed by atoms with Crippen molar-refractivity contribution in [3.8, 4) is 5.75 Å². The van der Waals surface area contributed by atoms with Crippen LogP contribution in [0.3, 0.4) is 0 Å². The molecule has 3 aromatic rings. The number of fused-ring (bicyclic) bond motifs is 1. The molecule has 5 nitrogen and oxygen atoms in total. The van der Waals surface area contributed by atoms with Crippen LogP contribution in [0.4, 0.5) is 0 Å². The maximum Gasteiger partial charge on any atom is 0.211 e. The molecule has 1 atom stereocenters. The number of nitrogens with one attached hydrogen (secondary N) is 1. The summed E-state index contributed by atoms with van der Waals surface area (Å²) in [5.41, 5.74) is 4.31. The minimum Gasteiger partial charge on any atom is -0.485 e. The van der Waals surface area contributed by atoms with Gasteiger partial charge in [-0.15, -0.1) is 10.2 Å². The van der Waals surface area contributed by atoms with Gasteiger partial charge in [0.05, 0.1) is 0 Å². The summed E-state index contributed by atoms with van der Waals surface area (Å²) in [7, 11) is 0. The summed E-state index contributed by atoms with van der Waals surface area (Å²) in [6.07, 6.45) is 3.65. The summed E-state index contributed by atoms with van der Waals surface area (Å²) in [6.45, 7) is 0.322. The molecule has 1 N–H and O–H groups in total. The highest BCUT2D eigenvalue weighted by atomic mass is 16.5. The molecule has 0 saturated carbocycles. The smallest absolute Gasteiger partial charge is 0.211 e. The lowest BCUT2D eigenvalue weighted by atomic mass is 9.79. The fourth-order valence-electron chi connectivity index (χ4n) is 3.29. The van der Waals surface area contributed by atoms with E-state index in [0.29, 0.717) is 18.3 Å². The highest BCUT2D eigenvalue weighted by molar-refractivity contribution is 5.41. The van der Waals surface area contributed by atoms with Gasteiger partial charge in [0, 0.05) is 5.92 Å². The van der Waals surface area contributed by atoms with Gasteiger partial charge in [-0.2, -0.15) is 5.21 Å². The second kappa shape index (κ2) is 6.20. The van der Waals surface area contributed by atoms with E-state index in [1.807, 2.05) is 12.1 Å². The number of H-pyrrole nitrogens is 1. The van der Waals surface area contributed by atoms with Crippen LogP contribution >= 0.6 is 0 Å². The van der Waals surface area contributed by atoms with Crippen LogP contribution < -0.4 is 4.74 Å². The number of aromatic amines is 1. The summed E-state index contributed by atoms with van der Waals surface area (Å²) in [6, 6.07) is 17.2. The number of aromatic nitrogens is 4. The Hall–Kier alpha value is -2.69. The van der Waals surface area contributed by atoms with Crippen molar-refractivity contribution in [2.24, 2.45) is 0 Å². The first-order chi connectivity index (χ1) is 11.4. The van der Waals surface area contributed by atoms with Crippen molar-refractivity contribution in [2.45, 2.75) is 31.8 Å². The van der Waals surface area contributed by atoms with Crippen molar-refractivity contribution < 1.29 is 4.74 Å². The predicted molar refractivity (Wildman–Crippen MR) is 86.2 cm³/mol. The van der Waals surface area contributed by atoms with Gasteiger partial charge in [0.2, 0.25) is 5.82 Å². The second-order valence-corrected chi connectivity index (χ2v) is 5.83. The van der Waals surface area contributed by atoms with Crippen molar-refractivity contribution in [2.75, 3.05) is 0 Å². The molecule has 116 valence electrons. The molecule has 0 fully saturated rings. The molecule has 0 saturated heterocycles. The highest BCUT2D eigenvalue weighted by Gasteiger charge is 2.21. The molecule has 1 heterocycles. The van der Waals surface area contributed by atoms with Gasteiger partial charge in [0.1, 0.15) is 5.75 Å². The third kappa shape index (κ3) is 2.95. The molecule has 1 aromatic heterocycles. The van der Waals surface area contributed by atoms with Gasteiger partial charge in [0.25, 0.3) is 0 Å². The molecule has 0 unspecified atom stereocenters. The van der Waals surface area contributed by atoms with Crippen LogP contribution in [0.5, 0.6) is 5.75 Å². The normalized spacial score (nSPS) is 16.8. The molecule has 1 aliphatic rings. The summed E-state index contributed by atoms with van der Waals surface area (Å²) in [4.78, 5) is 0. The third-order valence-electron chi connectivity index (χ3n) is 4.41. The standard InChI is InChI=1S/C18H18N4O/c1-2-6-16-13(4-1)5-3-7-17(16)14-8-10-15(11-9-14)23-12-18-19-21-22-20-18/h1-2,4,6,8-11,17H,3,5,7,12H2,(H,19,20,21,22)/t17-/m0/s1. The lowest BCUT2D eigenvalue weighted by molar-refractivity contribution is 0.296. The van der Waals surface area contributed by atoms with E-state index in [0.717, 1.165) is 5.75 Å². The highest BCUT2D eigenvalue weighted by Crippen LogP contribution is 2.36. The molecule has 0 amide bonds. The summed E-state index contributed by atoms with van der Waals surface area (Å²) >= 11 is 0. The van der Waals surface area contributed by atoms with Gasteiger partial charge in [-0.25, -0.2) is 0 Å². The molecular weight excluding hydrogens is 288 g/mol. The van der Waals surface area contributed by atoms with E-state index in [4.69, 9.17) is 4.74 Å². The van der Waals surface area contributed by atoms with Crippen LogP contribution in [-0.4, -0.2) is 20.6 Å². The van der Waals surface area contributed by atoms with Gasteiger partial charge in [-0.3, -0.25) is 0 Å². The van der Waals surface area contributed by atoms with Crippen molar-refractivity contribution >= 4 is 0 Å². The minimum atomic E-state index is 0.322. The Morgan fingerprint density at radius 3 is 2.78 bits per heavy atom. The molecule has 0 aliphatic heterocycles. The number of ether oxygens (including phenoxy) is 1. The van der Waals surface area contributed by atoms with E-state index in [1.165, 1.54) is 36.0 Å². The number of rotatable bonds is 4. The molecule has 0 bridgehead atoms. The van der Waals surface area contributed by atoms with Crippen LogP contribution in [0.25, 0.3) is 0 Å². The Bertz CT molecular complexity index is 768. The average molecular weight is 306 g/mol. The predicted octanol–water partition coefficient (Wildman–Crippen LogP) is 3.25. The zero-order chi connectivity index (χ0) is 15.5. The quantitative estimate of drug-likeness (QED) is 0.803. The van der Waals surface area contributed by atoms with Crippen LogP contribution in [0.1, 0.15) is 41.3 Å². The van der Waals surface area contributed by atoms with E-state index < -0.39 is 0 Å². The van der Waals surface area contributed by atoms with E-state index in [1.54, 1.807) is 0 Å². The van der Waals surface area contributed by atoms with Gasteiger partial charge in [-0.05, 0) is 48.1 Å². The fraction of sp³-hybridized carbons (Fsp3) is 0.278. The van der Waals surface area contributed by atoms with Crippen LogP contribution in [0, 0.1) is 0 Å². The van der Waals surface area contributed by atoms with E-state index >= 15 is 0 Å². The van der Waals surface area contributed by atoms with Gasteiger partial charge >= 0.3 is 0 Å². The number of aryl methyl sites for hydroxylation is 1. The molecule has 0 radical (unpaired) electrons.